The molecule has 0 saturated heterocycles. The van der Waals surface area contributed by atoms with Crippen LogP contribution in [0.4, 0.5) is 0 Å². The van der Waals surface area contributed by atoms with Crippen LogP contribution in [0.25, 0.3) is 0 Å². The molecule has 1 unspecified atom stereocenters. The second-order valence-electron chi connectivity index (χ2n) is 4.11. The maximum atomic E-state index is 6.05. The van der Waals surface area contributed by atoms with Gasteiger partial charge in [-0.1, -0.05) is 36.7 Å². The summed E-state index contributed by atoms with van der Waals surface area (Å²) in [6, 6.07) is 10.8. The number of halogens is 2. The van der Waals surface area contributed by atoms with Crippen LogP contribution in [0.2, 0.25) is 4.34 Å². The summed E-state index contributed by atoms with van der Waals surface area (Å²) in [5.41, 5.74) is 2.65. The smallest absolute Gasteiger partial charge is 0.0931 e. The largest absolute Gasteiger partial charge is 0.306 e. The Bertz CT molecular complexity index is 538. The Morgan fingerprint density at radius 1 is 1.33 bits per heavy atom. The van der Waals surface area contributed by atoms with Crippen LogP contribution >= 0.6 is 45.5 Å². The molecule has 1 heterocycles. The third-order valence-corrected chi connectivity index (χ3v) is 5.59. The number of thiophene rings is 1. The van der Waals surface area contributed by atoms with Crippen LogP contribution in [0.3, 0.4) is 0 Å². The van der Waals surface area contributed by atoms with Crippen molar-refractivity contribution in [1.29, 1.82) is 0 Å². The Kier molecular flexibility index (Phi) is 5.06. The summed E-state index contributed by atoms with van der Waals surface area (Å²) in [4.78, 5) is 1.27. The summed E-state index contributed by atoms with van der Waals surface area (Å²) in [5.74, 6) is 0. The van der Waals surface area contributed by atoms with Crippen molar-refractivity contribution < 1.29 is 0 Å². The highest BCUT2D eigenvalue weighted by molar-refractivity contribution is 14.1. The molecule has 0 amide bonds. The molecule has 18 heavy (non-hydrogen) atoms. The second kappa shape index (κ2) is 6.37. The number of rotatable bonds is 4. The minimum atomic E-state index is 0.235. The van der Waals surface area contributed by atoms with Crippen LogP contribution < -0.4 is 5.32 Å². The highest BCUT2D eigenvalue weighted by Crippen LogP contribution is 2.33. The average molecular weight is 392 g/mol. The molecule has 0 aliphatic heterocycles. The summed E-state index contributed by atoms with van der Waals surface area (Å²) in [6.45, 7) is 5.21. The van der Waals surface area contributed by atoms with Gasteiger partial charge in [0.15, 0.2) is 0 Å². The molecular weight excluding hydrogens is 377 g/mol. The molecule has 0 spiro atoms. The maximum Gasteiger partial charge on any atom is 0.0931 e. The highest BCUT2D eigenvalue weighted by atomic mass is 127. The van der Waals surface area contributed by atoms with E-state index in [0.29, 0.717) is 0 Å². The van der Waals surface area contributed by atoms with Crippen molar-refractivity contribution in [3.8, 4) is 0 Å². The zero-order chi connectivity index (χ0) is 13.1. The van der Waals surface area contributed by atoms with E-state index in [0.717, 1.165) is 10.9 Å². The first-order chi connectivity index (χ1) is 8.63. The van der Waals surface area contributed by atoms with Gasteiger partial charge in [0.2, 0.25) is 0 Å². The van der Waals surface area contributed by atoms with Crippen molar-refractivity contribution in [3.05, 3.63) is 54.2 Å². The van der Waals surface area contributed by atoms with Gasteiger partial charge < -0.3 is 5.32 Å². The first-order valence-electron chi connectivity index (χ1n) is 5.87. The van der Waals surface area contributed by atoms with E-state index in [1.807, 2.05) is 6.07 Å². The molecule has 1 aromatic heterocycles. The van der Waals surface area contributed by atoms with E-state index in [9.17, 15) is 0 Å². The Morgan fingerprint density at radius 3 is 2.72 bits per heavy atom. The topological polar surface area (TPSA) is 12.0 Å². The van der Waals surface area contributed by atoms with E-state index < -0.39 is 0 Å². The van der Waals surface area contributed by atoms with Gasteiger partial charge in [0.25, 0.3) is 0 Å². The zero-order valence-electron chi connectivity index (χ0n) is 10.3. The van der Waals surface area contributed by atoms with E-state index >= 15 is 0 Å². The molecule has 2 aromatic rings. The standard InChI is InChI=1S/C14H15ClINS/c1-3-17-14(11-7-8-12(15)18-11)10-6-4-5-9(2)13(10)16/h4-8,14,17H,3H2,1-2H3. The fourth-order valence-corrected chi connectivity index (χ4v) is 3.77. The van der Waals surface area contributed by atoms with Crippen molar-refractivity contribution in [3.63, 3.8) is 0 Å². The van der Waals surface area contributed by atoms with E-state index in [1.165, 1.54) is 19.6 Å². The fourth-order valence-electron chi connectivity index (χ4n) is 1.94. The third kappa shape index (κ3) is 3.07. The molecule has 0 aliphatic carbocycles. The number of hydrogen-bond donors (Lipinski definition) is 1. The summed E-state index contributed by atoms with van der Waals surface area (Å²) in [7, 11) is 0. The lowest BCUT2D eigenvalue weighted by molar-refractivity contribution is 0.637. The zero-order valence-corrected chi connectivity index (χ0v) is 14.1. The fraction of sp³-hybridized carbons (Fsp3) is 0.286. The molecule has 4 heteroatoms. The van der Waals surface area contributed by atoms with E-state index in [-0.39, 0.29) is 6.04 Å². The number of hydrogen-bond acceptors (Lipinski definition) is 2. The molecule has 1 N–H and O–H groups in total. The van der Waals surface area contributed by atoms with Crippen LogP contribution in [-0.4, -0.2) is 6.54 Å². The minimum Gasteiger partial charge on any atom is -0.306 e. The summed E-state index contributed by atoms with van der Waals surface area (Å²) in [5, 5.41) is 3.54. The highest BCUT2D eigenvalue weighted by Gasteiger charge is 2.18. The van der Waals surface area contributed by atoms with Gasteiger partial charge in [-0.25, -0.2) is 0 Å². The van der Waals surface area contributed by atoms with Crippen molar-refractivity contribution in [2.75, 3.05) is 6.54 Å². The first kappa shape index (κ1) is 14.3. The monoisotopic (exact) mass is 391 g/mol. The molecule has 1 atom stereocenters. The number of nitrogens with one attached hydrogen (secondary N) is 1. The molecule has 1 aromatic carbocycles. The molecule has 0 fully saturated rings. The Hall–Kier alpha value is -0.100. The molecule has 0 saturated carbocycles. The molecule has 96 valence electrons. The van der Waals surface area contributed by atoms with Gasteiger partial charge >= 0.3 is 0 Å². The quantitative estimate of drug-likeness (QED) is 0.722. The molecule has 1 nitrogen and oxygen atoms in total. The van der Waals surface area contributed by atoms with Gasteiger partial charge in [-0.15, -0.1) is 11.3 Å². The van der Waals surface area contributed by atoms with Gasteiger partial charge in [-0.3, -0.25) is 0 Å². The lowest BCUT2D eigenvalue weighted by atomic mass is 10.0. The van der Waals surface area contributed by atoms with Gasteiger partial charge in [-0.2, -0.15) is 0 Å². The predicted molar refractivity (Wildman–Crippen MR) is 88.7 cm³/mol. The summed E-state index contributed by atoms with van der Waals surface area (Å²) < 4.78 is 2.17. The second-order valence-corrected chi connectivity index (χ2v) is 6.94. The molecule has 0 radical (unpaired) electrons. The van der Waals surface area contributed by atoms with Gasteiger partial charge in [0.05, 0.1) is 10.4 Å². The van der Waals surface area contributed by atoms with Gasteiger partial charge in [0, 0.05) is 8.45 Å². The molecule has 0 bridgehead atoms. The van der Waals surface area contributed by atoms with Crippen LogP contribution in [-0.2, 0) is 0 Å². The Morgan fingerprint density at radius 2 is 2.11 bits per heavy atom. The van der Waals surface area contributed by atoms with Crippen molar-refractivity contribution >= 4 is 45.5 Å². The van der Waals surface area contributed by atoms with Crippen LogP contribution in [0.15, 0.2) is 30.3 Å². The lowest BCUT2D eigenvalue weighted by Gasteiger charge is -2.19. The first-order valence-corrected chi connectivity index (χ1v) is 8.14. The predicted octanol–water partition coefficient (Wildman–Crippen LogP) is 5.01. The van der Waals surface area contributed by atoms with Crippen molar-refractivity contribution in [2.24, 2.45) is 0 Å². The average Bonchev–Trinajstić information content (AvgIpc) is 2.77. The van der Waals surface area contributed by atoms with E-state index in [4.69, 9.17) is 11.6 Å². The molecular formula is C14H15ClINS. The maximum absolute atomic E-state index is 6.05. The van der Waals surface area contributed by atoms with Crippen LogP contribution in [0, 0.1) is 10.5 Å². The number of benzene rings is 1. The van der Waals surface area contributed by atoms with Gasteiger partial charge in [-0.05, 0) is 59.3 Å². The molecule has 0 aliphatic rings. The van der Waals surface area contributed by atoms with Crippen LogP contribution in [0.1, 0.15) is 29.0 Å². The van der Waals surface area contributed by atoms with Crippen LogP contribution in [0.5, 0.6) is 0 Å². The third-order valence-electron chi connectivity index (χ3n) is 2.82. The summed E-state index contributed by atoms with van der Waals surface area (Å²) >= 11 is 10.1. The number of aryl methyl sites for hydroxylation is 1. The van der Waals surface area contributed by atoms with Crippen molar-refractivity contribution in [1.82, 2.24) is 5.32 Å². The van der Waals surface area contributed by atoms with E-state index in [1.54, 1.807) is 11.3 Å². The van der Waals surface area contributed by atoms with Gasteiger partial charge in [0.1, 0.15) is 0 Å². The lowest BCUT2D eigenvalue weighted by Crippen LogP contribution is -2.22. The Balaban J connectivity index is 2.44. The summed E-state index contributed by atoms with van der Waals surface area (Å²) in [6.07, 6.45) is 0. The van der Waals surface area contributed by atoms with Crippen molar-refractivity contribution in [2.45, 2.75) is 19.9 Å². The SMILES string of the molecule is CCNC(c1ccc(Cl)s1)c1cccc(C)c1I. The minimum absolute atomic E-state index is 0.235. The van der Waals surface area contributed by atoms with E-state index in [2.05, 4.69) is 66.0 Å². The molecule has 2 rings (SSSR count). The normalized spacial score (nSPS) is 12.7. The Labute approximate surface area is 131 Å².